The van der Waals surface area contributed by atoms with Gasteiger partial charge in [-0.15, -0.1) is 0 Å². The van der Waals surface area contributed by atoms with E-state index in [2.05, 4.69) is 112 Å². The van der Waals surface area contributed by atoms with Crippen LogP contribution in [0.1, 0.15) is 11.1 Å². The Hall–Kier alpha value is -7.08. The van der Waals surface area contributed by atoms with Gasteiger partial charge >= 0.3 is 0 Å². The van der Waals surface area contributed by atoms with Crippen LogP contribution in [0.4, 0.5) is 0 Å². The molecule has 3 heterocycles. The molecule has 7 aromatic carbocycles. The maximum atomic E-state index is 9.84. The molecule has 5 heteroatoms. The van der Waals surface area contributed by atoms with Crippen LogP contribution in [0.5, 0.6) is 0 Å². The molecule has 0 saturated carbocycles. The van der Waals surface area contributed by atoms with Gasteiger partial charge in [0.1, 0.15) is 11.2 Å². The summed E-state index contributed by atoms with van der Waals surface area (Å²) in [5.41, 5.74) is 11.4. The highest BCUT2D eigenvalue weighted by atomic mass is 16.3. The third kappa shape index (κ3) is 3.91. The highest BCUT2D eigenvalue weighted by molar-refractivity contribution is 6.27. The average molecular weight is 625 g/mol. The zero-order valence-electron chi connectivity index (χ0n) is 26.1. The van der Waals surface area contributed by atoms with Crippen LogP contribution in [0.15, 0.2) is 150 Å². The van der Waals surface area contributed by atoms with Crippen LogP contribution in [0.3, 0.4) is 0 Å². The van der Waals surface area contributed by atoms with Crippen molar-refractivity contribution in [2.24, 2.45) is 0 Å². The van der Waals surface area contributed by atoms with Crippen molar-refractivity contribution in [3.63, 3.8) is 0 Å². The smallest absolute Gasteiger partial charge is 0.136 e. The predicted octanol–water partition coefficient (Wildman–Crippen LogP) is 11.2. The predicted molar refractivity (Wildman–Crippen MR) is 197 cm³/mol. The molecule has 0 radical (unpaired) electrons. The van der Waals surface area contributed by atoms with Crippen LogP contribution < -0.4 is 0 Å². The molecule has 49 heavy (non-hydrogen) atoms. The lowest BCUT2D eigenvalue weighted by Crippen LogP contribution is -1.96. The van der Waals surface area contributed by atoms with E-state index in [1.165, 1.54) is 0 Å². The fourth-order valence-corrected chi connectivity index (χ4v) is 7.64. The molecule has 10 rings (SSSR count). The van der Waals surface area contributed by atoms with Gasteiger partial charge in [-0.1, -0.05) is 60.7 Å². The standard InChI is InChI=1S/C44H24N4O/c45-25-27-15-17-38-35(21-27)33-11-1-3-13-37(33)47(38)31-9-5-7-29(23-31)30-8-6-10-32(24-30)48-39-18-16-28(26-46)22-36(39)43-40(48)19-20-42-44(43)34-12-2-4-14-41(34)49-42/h1-24H. The fourth-order valence-electron chi connectivity index (χ4n) is 7.64. The van der Waals surface area contributed by atoms with Crippen molar-refractivity contribution in [1.29, 1.82) is 10.5 Å². The molecule has 0 atom stereocenters. The van der Waals surface area contributed by atoms with Gasteiger partial charge in [-0.3, -0.25) is 0 Å². The van der Waals surface area contributed by atoms with E-state index in [0.29, 0.717) is 11.1 Å². The Balaban J connectivity index is 1.18. The first-order valence-electron chi connectivity index (χ1n) is 16.1. The molecular weight excluding hydrogens is 601 g/mol. The van der Waals surface area contributed by atoms with Crippen LogP contribution in [0, 0.1) is 22.7 Å². The number of rotatable bonds is 3. The van der Waals surface area contributed by atoms with Gasteiger partial charge in [-0.2, -0.15) is 10.5 Å². The van der Waals surface area contributed by atoms with E-state index in [0.717, 1.165) is 88.1 Å². The second-order valence-electron chi connectivity index (χ2n) is 12.4. The largest absolute Gasteiger partial charge is 0.456 e. The van der Waals surface area contributed by atoms with Gasteiger partial charge in [0.15, 0.2) is 0 Å². The molecule has 0 aliphatic rings. The molecule has 0 bridgehead atoms. The summed E-state index contributed by atoms with van der Waals surface area (Å²) in [4.78, 5) is 0. The minimum Gasteiger partial charge on any atom is -0.456 e. The number of benzene rings is 7. The topological polar surface area (TPSA) is 70.6 Å². The lowest BCUT2D eigenvalue weighted by Gasteiger charge is -2.13. The number of para-hydroxylation sites is 2. The quantitative estimate of drug-likeness (QED) is 0.196. The van der Waals surface area contributed by atoms with Gasteiger partial charge in [0.25, 0.3) is 0 Å². The summed E-state index contributed by atoms with van der Waals surface area (Å²) in [7, 11) is 0. The van der Waals surface area contributed by atoms with E-state index >= 15 is 0 Å². The molecule has 226 valence electrons. The third-order valence-electron chi connectivity index (χ3n) is 9.74. The molecule has 0 aliphatic heterocycles. The molecule has 10 aromatic rings. The van der Waals surface area contributed by atoms with Crippen LogP contribution in [0.2, 0.25) is 0 Å². The molecule has 0 fully saturated rings. The molecule has 5 nitrogen and oxygen atoms in total. The summed E-state index contributed by atoms with van der Waals surface area (Å²) in [6, 6.07) is 54.4. The molecule has 0 N–H and O–H groups in total. The number of nitriles is 2. The van der Waals surface area contributed by atoms with Gasteiger partial charge in [-0.05, 0) is 96.1 Å². The first kappa shape index (κ1) is 27.1. The van der Waals surface area contributed by atoms with Crippen molar-refractivity contribution >= 4 is 65.6 Å². The lowest BCUT2D eigenvalue weighted by molar-refractivity contribution is 0.669. The summed E-state index contributed by atoms with van der Waals surface area (Å²) in [6.45, 7) is 0. The van der Waals surface area contributed by atoms with Crippen molar-refractivity contribution in [3.8, 4) is 34.6 Å². The Morgan fingerprint density at radius 2 is 0.980 bits per heavy atom. The Bertz CT molecular complexity index is 3090. The molecular formula is C44H24N4O. The molecule has 0 unspecified atom stereocenters. The van der Waals surface area contributed by atoms with E-state index < -0.39 is 0 Å². The minimum absolute atomic E-state index is 0.621. The monoisotopic (exact) mass is 624 g/mol. The van der Waals surface area contributed by atoms with E-state index in [-0.39, 0.29) is 0 Å². The summed E-state index contributed by atoms with van der Waals surface area (Å²) in [5, 5.41) is 25.8. The summed E-state index contributed by atoms with van der Waals surface area (Å²) in [6.07, 6.45) is 0. The Labute approximate surface area is 280 Å². The van der Waals surface area contributed by atoms with Gasteiger partial charge < -0.3 is 13.6 Å². The van der Waals surface area contributed by atoms with Crippen molar-refractivity contribution in [2.75, 3.05) is 0 Å². The molecule has 0 saturated heterocycles. The Morgan fingerprint density at radius 1 is 0.408 bits per heavy atom. The SMILES string of the molecule is N#Cc1ccc2c(c1)c1ccccc1n2-c1cccc(-c2cccc(-n3c4ccc(C#N)cc4c4c5c(ccc43)oc3ccccc35)c2)c1. The number of aromatic nitrogens is 2. The highest BCUT2D eigenvalue weighted by Gasteiger charge is 2.20. The number of furan rings is 1. The highest BCUT2D eigenvalue weighted by Crippen LogP contribution is 2.42. The zero-order valence-corrected chi connectivity index (χ0v) is 26.1. The van der Waals surface area contributed by atoms with E-state index in [9.17, 15) is 10.5 Å². The number of hydrogen-bond acceptors (Lipinski definition) is 3. The Morgan fingerprint density at radius 3 is 1.69 bits per heavy atom. The van der Waals surface area contributed by atoms with Crippen molar-refractivity contribution in [1.82, 2.24) is 9.13 Å². The van der Waals surface area contributed by atoms with Crippen LogP contribution in [-0.2, 0) is 0 Å². The van der Waals surface area contributed by atoms with Gasteiger partial charge in [0.05, 0.1) is 45.3 Å². The van der Waals surface area contributed by atoms with Crippen LogP contribution in [-0.4, -0.2) is 9.13 Å². The number of nitrogens with zero attached hydrogens (tertiary/aromatic N) is 4. The van der Waals surface area contributed by atoms with E-state index in [1.807, 2.05) is 54.6 Å². The van der Waals surface area contributed by atoms with Crippen LogP contribution in [0.25, 0.3) is 88.1 Å². The first-order chi connectivity index (χ1) is 24.2. The number of fused-ring (bicyclic) bond motifs is 10. The van der Waals surface area contributed by atoms with Crippen molar-refractivity contribution in [2.45, 2.75) is 0 Å². The summed E-state index contributed by atoms with van der Waals surface area (Å²) >= 11 is 0. The summed E-state index contributed by atoms with van der Waals surface area (Å²) < 4.78 is 10.8. The van der Waals surface area contributed by atoms with E-state index in [1.54, 1.807) is 0 Å². The molecule has 3 aromatic heterocycles. The minimum atomic E-state index is 0.621. The van der Waals surface area contributed by atoms with Crippen LogP contribution >= 0.6 is 0 Å². The zero-order chi connectivity index (χ0) is 32.6. The molecule has 0 amide bonds. The number of hydrogen-bond donors (Lipinski definition) is 0. The maximum Gasteiger partial charge on any atom is 0.136 e. The van der Waals surface area contributed by atoms with E-state index in [4.69, 9.17) is 4.42 Å². The van der Waals surface area contributed by atoms with Gasteiger partial charge in [-0.25, -0.2) is 0 Å². The maximum absolute atomic E-state index is 9.84. The molecule has 0 spiro atoms. The lowest BCUT2D eigenvalue weighted by atomic mass is 10.0. The normalized spacial score (nSPS) is 11.6. The molecule has 0 aliphatic carbocycles. The van der Waals surface area contributed by atoms with Gasteiger partial charge in [0.2, 0.25) is 0 Å². The van der Waals surface area contributed by atoms with Crippen molar-refractivity contribution in [3.05, 3.63) is 157 Å². The first-order valence-corrected chi connectivity index (χ1v) is 16.1. The summed E-state index contributed by atoms with van der Waals surface area (Å²) in [5.74, 6) is 0. The van der Waals surface area contributed by atoms with Gasteiger partial charge in [0, 0.05) is 43.7 Å². The van der Waals surface area contributed by atoms with Crippen molar-refractivity contribution < 1.29 is 4.42 Å². The second-order valence-corrected chi connectivity index (χ2v) is 12.4. The average Bonchev–Trinajstić information content (AvgIpc) is 3.81. The Kier molecular flexibility index (Phi) is 5.64. The third-order valence-corrected chi connectivity index (χ3v) is 9.74. The fraction of sp³-hybridized carbons (Fsp3) is 0. The second kappa shape index (κ2) is 10.2.